The van der Waals surface area contributed by atoms with Crippen molar-refractivity contribution < 1.29 is 4.74 Å². The van der Waals surface area contributed by atoms with Crippen LogP contribution in [0.15, 0.2) is 42.5 Å². The molecule has 0 aliphatic carbocycles. The summed E-state index contributed by atoms with van der Waals surface area (Å²) in [5, 5.41) is 0. The Bertz CT molecular complexity index is 784. The fourth-order valence-corrected chi connectivity index (χ4v) is 2.01. The van der Waals surface area contributed by atoms with Crippen LogP contribution < -0.4 is 10.5 Å². The highest BCUT2D eigenvalue weighted by atomic mass is 16.5. The summed E-state index contributed by atoms with van der Waals surface area (Å²) in [6.07, 6.45) is 0. The van der Waals surface area contributed by atoms with E-state index >= 15 is 0 Å². The molecule has 20 heavy (non-hydrogen) atoms. The Morgan fingerprint density at radius 2 is 1.60 bits per heavy atom. The second kappa shape index (κ2) is 4.81. The summed E-state index contributed by atoms with van der Waals surface area (Å²) in [6.45, 7) is 4.05. The third kappa shape index (κ3) is 2.16. The maximum atomic E-state index is 5.92. The normalized spacial score (nSPS) is 10.7. The largest absolute Gasteiger partial charge is 0.436 e. The smallest absolute Gasteiger partial charge is 0.263 e. The second-order valence-corrected chi connectivity index (χ2v) is 4.70. The lowest BCUT2D eigenvalue weighted by atomic mass is 10.1. The van der Waals surface area contributed by atoms with Crippen molar-refractivity contribution in [1.29, 1.82) is 0 Å². The van der Waals surface area contributed by atoms with Crippen molar-refractivity contribution in [3.8, 4) is 11.6 Å². The number of aromatic nitrogens is 2. The Balaban J connectivity index is 2.06. The topological polar surface area (TPSA) is 61.0 Å². The first-order valence-corrected chi connectivity index (χ1v) is 6.41. The van der Waals surface area contributed by atoms with Crippen molar-refractivity contribution in [2.45, 2.75) is 13.8 Å². The van der Waals surface area contributed by atoms with Gasteiger partial charge in [-0.2, -0.15) is 0 Å². The van der Waals surface area contributed by atoms with Crippen molar-refractivity contribution in [1.82, 2.24) is 9.97 Å². The molecule has 0 amide bonds. The number of hydrogen-bond acceptors (Lipinski definition) is 4. The number of nitrogen functional groups attached to an aromatic ring is 1. The number of hydrogen-bond donors (Lipinski definition) is 1. The Morgan fingerprint density at radius 3 is 2.35 bits per heavy atom. The van der Waals surface area contributed by atoms with Crippen molar-refractivity contribution in [3.05, 3.63) is 53.6 Å². The van der Waals surface area contributed by atoms with Gasteiger partial charge in [0.2, 0.25) is 0 Å². The number of nitrogens with zero attached hydrogens (tertiary/aromatic N) is 2. The number of para-hydroxylation sites is 2. The first-order valence-electron chi connectivity index (χ1n) is 6.41. The molecule has 0 radical (unpaired) electrons. The summed E-state index contributed by atoms with van der Waals surface area (Å²) in [4.78, 5) is 8.75. The SMILES string of the molecule is Cc1cccc(Oc2nc3ccccc3nc2N)c1C. The van der Waals surface area contributed by atoms with E-state index in [2.05, 4.69) is 9.97 Å². The summed E-state index contributed by atoms with van der Waals surface area (Å²) < 4.78 is 5.83. The van der Waals surface area contributed by atoms with Crippen LogP contribution in [0, 0.1) is 13.8 Å². The van der Waals surface area contributed by atoms with E-state index in [1.807, 2.05) is 56.3 Å². The van der Waals surface area contributed by atoms with Crippen LogP contribution in [0.3, 0.4) is 0 Å². The number of anilines is 1. The Labute approximate surface area is 117 Å². The average Bonchev–Trinajstić information content (AvgIpc) is 2.44. The van der Waals surface area contributed by atoms with Crippen LogP contribution in [0.2, 0.25) is 0 Å². The Kier molecular flexibility index (Phi) is 2.99. The van der Waals surface area contributed by atoms with Crippen LogP contribution in [0.4, 0.5) is 5.82 Å². The molecule has 0 fully saturated rings. The quantitative estimate of drug-likeness (QED) is 0.768. The van der Waals surface area contributed by atoms with E-state index in [1.165, 1.54) is 0 Å². The van der Waals surface area contributed by atoms with Gasteiger partial charge in [0.05, 0.1) is 11.0 Å². The molecular formula is C16H15N3O. The molecule has 100 valence electrons. The molecule has 0 saturated carbocycles. The van der Waals surface area contributed by atoms with Gasteiger partial charge in [0, 0.05) is 0 Å². The predicted molar refractivity (Wildman–Crippen MR) is 79.9 cm³/mol. The van der Waals surface area contributed by atoms with Crippen molar-refractivity contribution in [2.75, 3.05) is 5.73 Å². The minimum Gasteiger partial charge on any atom is -0.436 e. The van der Waals surface area contributed by atoms with E-state index in [0.717, 1.165) is 27.9 Å². The number of aryl methyl sites for hydroxylation is 1. The van der Waals surface area contributed by atoms with Crippen molar-refractivity contribution in [3.63, 3.8) is 0 Å². The number of nitrogens with two attached hydrogens (primary N) is 1. The molecule has 4 heteroatoms. The summed E-state index contributed by atoms with van der Waals surface area (Å²) in [5.74, 6) is 1.39. The van der Waals surface area contributed by atoms with Crippen LogP contribution in [-0.4, -0.2) is 9.97 Å². The molecule has 4 nitrogen and oxygen atoms in total. The molecule has 2 N–H and O–H groups in total. The molecule has 0 atom stereocenters. The minimum atomic E-state index is 0.296. The van der Waals surface area contributed by atoms with Gasteiger partial charge in [-0.1, -0.05) is 24.3 Å². The number of benzene rings is 2. The van der Waals surface area contributed by atoms with Crippen LogP contribution in [0.25, 0.3) is 11.0 Å². The Hall–Kier alpha value is -2.62. The van der Waals surface area contributed by atoms with Crippen LogP contribution in [0.5, 0.6) is 11.6 Å². The molecule has 0 aliphatic heterocycles. The molecule has 0 bridgehead atoms. The number of ether oxygens (including phenoxy) is 1. The number of rotatable bonds is 2. The Morgan fingerprint density at radius 1 is 0.900 bits per heavy atom. The molecule has 3 aromatic rings. The first kappa shape index (κ1) is 12.4. The van der Waals surface area contributed by atoms with Crippen LogP contribution >= 0.6 is 0 Å². The lowest BCUT2D eigenvalue weighted by molar-refractivity contribution is 0.462. The van der Waals surface area contributed by atoms with Gasteiger partial charge >= 0.3 is 0 Å². The standard InChI is InChI=1S/C16H15N3O/c1-10-6-5-9-14(11(10)2)20-16-15(17)18-12-7-3-4-8-13(12)19-16/h3-9H,1-2H3,(H2,17,18). The minimum absolute atomic E-state index is 0.296. The zero-order valence-electron chi connectivity index (χ0n) is 11.4. The predicted octanol–water partition coefficient (Wildman–Crippen LogP) is 3.62. The summed E-state index contributed by atoms with van der Waals surface area (Å²) in [5.41, 5.74) is 9.69. The average molecular weight is 265 g/mol. The van der Waals surface area contributed by atoms with Gasteiger partial charge in [0.1, 0.15) is 5.75 Å². The molecule has 1 aromatic heterocycles. The van der Waals surface area contributed by atoms with E-state index < -0.39 is 0 Å². The highest BCUT2D eigenvalue weighted by Gasteiger charge is 2.10. The molecule has 0 unspecified atom stereocenters. The van der Waals surface area contributed by atoms with Crippen LogP contribution in [-0.2, 0) is 0 Å². The van der Waals surface area contributed by atoms with E-state index in [9.17, 15) is 0 Å². The zero-order valence-corrected chi connectivity index (χ0v) is 11.4. The molecular weight excluding hydrogens is 250 g/mol. The fourth-order valence-electron chi connectivity index (χ4n) is 2.01. The maximum absolute atomic E-state index is 5.92. The summed E-state index contributed by atoms with van der Waals surface area (Å²) in [6, 6.07) is 13.5. The molecule has 0 aliphatic rings. The molecule has 2 aromatic carbocycles. The van der Waals surface area contributed by atoms with Gasteiger partial charge in [-0.15, -0.1) is 0 Å². The summed E-state index contributed by atoms with van der Waals surface area (Å²) >= 11 is 0. The van der Waals surface area contributed by atoms with Gasteiger partial charge in [0.15, 0.2) is 5.82 Å². The third-order valence-electron chi connectivity index (χ3n) is 3.33. The highest BCUT2D eigenvalue weighted by molar-refractivity contribution is 5.76. The lowest BCUT2D eigenvalue weighted by Gasteiger charge is -2.11. The third-order valence-corrected chi connectivity index (χ3v) is 3.33. The molecule has 3 rings (SSSR count). The van der Waals surface area contributed by atoms with Gasteiger partial charge in [0.25, 0.3) is 5.88 Å². The van der Waals surface area contributed by atoms with E-state index in [1.54, 1.807) is 0 Å². The van der Waals surface area contributed by atoms with Gasteiger partial charge in [-0.3, -0.25) is 0 Å². The van der Waals surface area contributed by atoms with Crippen molar-refractivity contribution in [2.24, 2.45) is 0 Å². The zero-order chi connectivity index (χ0) is 14.1. The molecule has 0 spiro atoms. The summed E-state index contributed by atoms with van der Waals surface area (Å²) in [7, 11) is 0. The van der Waals surface area contributed by atoms with E-state index in [4.69, 9.17) is 10.5 Å². The molecule has 0 saturated heterocycles. The lowest BCUT2D eigenvalue weighted by Crippen LogP contribution is -2.00. The fraction of sp³-hybridized carbons (Fsp3) is 0.125. The van der Waals surface area contributed by atoms with E-state index in [-0.39, 0.29) is 0 Å². The monoisotopic (exact) mass is 265 g/mol. The number of fused-ring (bicyclic) bond motifs is 1. The second-order valence-electron chi connectivity index (χ2n) is 4.70. The van der Waals surface area contributed by atoms with E-state index in [0.29, 0.717) is 11.7 Å². The van der Waals surface area contributed by atoms with Gasteiger partial charge < -0.3 is 10.5 Å². The maximum Gasteiger partial charge on any atom is 0.263 e. The first-order chi connectivity index (χ1) is 9.65. The highest BCUT2D eigenvalue weighted by Crippen LogP contribution is 2.29. The molecule has 1 heterocycles. The van der Waals surface area contributed by atoms with Gasteiger partial charge in [-0.25, -0.2) is 9.97 Å². The van der Waals surface area contributed by atoms with Crippen LogP contribution in [0.1, 0.15) is 11.1 Å². The van der Waals surface area contributed by atoms with Gasteiger partial charge in [-0.05, 0) is 43.2 Å². The van der Waals surface area contributed by atoms with Crippen molar-refractivity contribution >= 4 is 16.9 Å².